The first-order valence-electron chi connectivity index (χ1n) is 5.21. The number of carboxylic acid groups (broad SMARTS) is 1. The van der Waals surface area contributed by atoms with Gasteiger partial charge in [-0.2, -0.15) is 0 Å². The van der Waals surface area contributed by atoms with Crippen LogP contribution in [-0.4, -0.2) is 16.1 Å². The van der Waals surface area contributed by atoms with Crippen molar-refractivity contribution in [2.24, 2.45) is 0 Å². The van der Waals surface area contributed by atoms with E-state index in [1.807, 2.05) is 6.92 Å². The first-order chi connectivity index (χ1) is 8.52. The molecule has 0 atom stereocenters. The van der Waals surface area contributed by atoms with E-state index in [1.165, 1.54) is 6.07 Å². The molecule has 2 aromatic rings. The predicted molar refractivity (Wildman–Crippen MR) is 71.5 cm³/mol. The Morgan fingerprint density at radius 3 is 2.78 bits per heavy atom. The Morgan fingerprint density at radius 2 is 2.28 bits per heavy atom. The lowest BCUT2D eigenvalue weighted by atomic mass is 10.2. The molecule has 1 aromatic heterocycles. The molecule has 0 amide bonds. The zero-order valence-corrected chi connectivity index (χ0v) is 11.8. The molecule has 0 aliphatic heterocycles. The zero-order valence-electron chi connectivity index (χ0n) is 9.41. The second-order valence-corrected chi connectivity index (χ2v) is 5.44. The highest BCUT2D eigenvalue weighted by atomic mass is 79.9. The second kappa shape index (κ2) is 5.16. The first-order valence-corrected chi connectivity index (χ1v) is 6.82. The molecule has 6 heteroatoms. The van der Waals surface area contributed by atoms with E-state index in [0.717, 1.165) is 11.3 Å². The number of thiazole rings is 1. The fourth-order valence-corrected chi connectivity index (χ4v) is 2.75. The summed E-state index contributed by atoms with van der Waals surface area (Å²) in [6, 6.07) is 4.63. The number of hydrogen-bond acceptors (Lipinski definition) is 3. The highest BCUT2D eigenvalue weighted by Gasteiger charge is 2.17. The van der Waals surface area contributed by atoms with Gasteiger partial charge in [0.2, 0.25) is 0 Å². The quantitative estimate of drug-likeness (QED) is 0.926. The molecule has 0 unspecified atom stereocenters. The first kappa shape index (κ1) is 13.2. The summed E-state index contributed by atoms with van der Waals surface area (Å²) >= 11 is 4.14. The predicted octanol–water partition coefficient (Wildman–Crippen LogP) is 3.97. The maximum atomic E-state index is 13.4. The molecule has 0 radical (unpaired) electrons. The Hall–Kier alpha value is -1.27. The van der Waals surface area contributed by atoms with Gasteiger partial charge in [-0.15, -0.1) is 11.3 Å². The van der Waals surface area contributed by atoms with Crippen LogP contribution in [0, 0.1) is 5.82 Å². The van der Waals surface area contributed by atoms with Crippen LogP contribution < -0.4 is 0 Å². The molecular formula is C12H9BrFNO2S. The topological polar surface area (TPSA) is 50.2 Å². The highest BCUT2D eigenvalue weighted by Crippen LogP contribution is 2.30. The lowest BCUT2D eigenvalue weighted by Gasteiger charge is -1.98. The molecule has 0 bridgehead atoms. The van der Waals surface area contributed by atoms with E-state index in [1.54, 1.807) is 12.1 Å². The van der Waals surface area contributed by atoms with Gasteiger partial charge in [0.05, 0.1) is 10.2 Å². The molecule has 3 nitrogen and oxygen atoms in total. The SMILES string of the molecule is CCc1nc(-c2ccc(Br)c(F)c2)sc1C(=O)O. The number of rotatable bonds is 3. The highest BCUT2D eigenvalue weighted by molar-refractivity contribution is 9.10. The number of benzene rings is 1. The van der Waals surface area contributed by atoms with Crippen molar-refractivity contribution >= 4 is 33.2 Å². The van der Waals surface area contributed by atoms with Gasteiger partial charge < -0.3 is 5.11 Å². The minimum Gasteiger partial charge on any atom is -0.477 e. The third-order valence-electron chi connectivity index (χ3n) is 2.39. The fraction of sp³-hybridized carbons (Fsp3) is 0.167. The number of halogens is 2. The number of aromatic nitrogens is 1. The largest absolute Gasteiger partial charge is 0.477 e. The third-order valence-corrected chi connectivity index (χ3v) is 4.17. The van der Waals surface area contributed by atoms with Crippen molar-refractivity contribution in [1.29, 1.82) is 0 Å². The van der Waals surface area contributed by atoms with E-state index < -0.39 is 11.8 Å². The van der Waals surface area contributed by atoms with Crippen molar-refractivity contribution in [1.82, 2.24) is 4.98 Å². The number of hydrogen-bond donors (Lipinski definition) is 1. The molecule has 0 aliphatic carbocycles. The summed E-state index contributed by atoms with van der Waals surface area (Å²) in [6.45, 7) is 1.84. The molecule has 94 valence electrons. The van der Waals surface area contributed by atoms with Crippen molar-refractivity contribution in [3.05, 3.63) is 39.1 Å². The van der Waals surface area contributed by atoms with E-state index in [-0.39, 0.29) is 4.88 Å². The monoisotopic (exact) mass is 329 g/mol. The maximum Gasteiger partial charge on any atom is 0.347 e. The summed E-state index contributed by atoms with van der Waals surface area (Å²) in [5.74, 6) is -1.38. The van der Waals surface area contributed by atoms with Gasteiger partial charge in [-0.25, -0.2) is 14.2 Å². The van der Waals surface area contributed by atoms with Crippen molar-refractivity contribution in [2.75, 3.05) is 0 Å². The number of carbonyl (C=O) groups is 1. The third kappa shape index (κ3) is 2.44. The van der Waals surface area contributed by atoms with Crippen LogP contribution >= 0.6 is 27.3 Å². The number of nitrogens with zero attached hydrogens (tertiary/aromatic N) is 1. The summed E-state index contributed by atoms with van der Waals surface area (Å²) in [4.78, 5) is 15.5. The minimum atomic E-state index is -0.992. The van der Waals surface area contributed by atoms with Crippen molar-refractivity contribution < 1.29 is 14.3 Å². The number of carboxylic acids is 1. The van der Waals surface area contributed by atoms with Gasteiger partial charge >= 0.3 is 5.97 Å². The van der Waals surface area contributed by atoms with Crippen LogP contribution in [-0.2, 0) is 6.42 Å². The van der Waals surface area contributed by atoms with Gasteiger partial charge in [-0.3, -0.25) is 0 Å². The lowest BCUT2D eigenvalue weighted by molar-refractivity contribution is 0.0701. The molecular weight excluding hydrogens is 321 g/mol. The van der Waals surface area contributed by atoms with Crippen LogP contribution in [0.4, 0.5) is 4.39 Å². The van der Waals surface area contributed by atoms with E-state index in [9.17, 15) is 9.18 Å². The van der Waals surface area contributed by atoms with Crippen LogP contribution in [0.25, 0.3) is 10.6 Å². The van der Waals surface area contributed by atoms with E-state index in [2.05, 4.69) is 20.9 Å². The van der Waals surface area contributed by atoms with Gasteiger partial charge in [0.1, 0.15) is 15.7 Å². The van der Waals surface area contributed by atoms with E-state index in [4.69, 9.17) is 5.11 Å². The molecule has 1 N–H and O–H groups in total. The van der Waals surface area contributed by atoms with Gasteiger partial charge in [0.25, 0.3) is 0 Å². The average Bonchev–Trinajstić information content (AvgIpc) is 2.77. The number of aromatic carboxylic acids is 1. The van der Waals surface area contributed by atoms with Gasteiger partial charge in [0, 0.05) is 5.56 Å². The van der Waals surface area contributed by atoms with Crippen LogP contribution in [0.1, 0.15) is 22.3 Å². The summed E-state index contributed by atoms with van der Waals surface area (Å²) in [6.07, 6.45) is 0.539. The Bertz CT molecular complexity index is 612. The standard InChI is InChI=1S/C12H9BrFNO2S/c1-2-9-10(12(16)17)18-11(15-9)6-3-4-7(13)8(14)5-6/h3-5H,2H2,1H3,(H,16,17). The molecule has 0 aliphatic rings. The summed E-state index contributed by atoms with van der Waals surface area (Å²) in [5.41, 5.74) is 1.12. The maximum absolute atomic E-state index is 13.4. The lowest BCUT2D eigenvalue weighted by Crippen LogP contribution is -1.97. The van der Waals surface area contributed by atoms with Gasteiger partial charge in [0.15, 0.2) is 0 Å². The van der Waals surface area contributed by atoms with Crippen LogP contribution in [0.2, 0.25) is 0 Å². The van der Waals surface area contributed by atoms with E-state index >= 15 is 0 Å². The Morgan fingerprint density at radius 1 is 1.56 bits per heavy atom. The molecule has 1 aromatic carbocycles. The molecule has 0 spiro atoms. The van der Waals surface area contributed by atoms with Crippen LogP contribution in [0.5, 0.6) is 0 Å². The Kier molecular flexibility index (Phi) is 3.77. The average molecular weight is 330 g/mol. The smallest absolute Gasteiger partial charge is 0.347 e. The molecule has 1 heterocycles. The molecule has 0 fully saturated rings. The second-order valence-electron chi connectivity index (χ2n) is 3.58. The fourth-order valence-electron chi connectivity index (χ4n) is 1.51. The van der Waals surface area contributed by atoms with Crippen LogP contribution in [0.3, 0.4) is 0 Å². The molecule has 2 rings (SSSR count). The Balaban J connectivity index is 2.50. The normalized spacial score (nSPS) is 10.6. The molecule has 18 heavy (non-hydrogen) atoms. The minimum absolute atomic E-state index is 0.218. The summed E-state index contributed by atoms with van der Waals surface area (Å²) in [7, 11) is 0. The van der Waals surface area contributed by atoms with Crippen molar-refractivity contribution in [2.45, 2.75) is 13.3 Å². The summed E-state index contributed by atoms with van der Waals surface area (Å²) in [5, 5.41) is 9.57. The zero-order chi connectivity index (χ0) is 13.3. The van der Waals surface area contributed by atoms with Crippen LogP contribution in [0.15, 0.2) is 22.7 Å². The van der Waals surface area contributed by atoms with Crippen molar-refractivity contribution in [3.8, 4) is 10.6 Å². The summed E-state index contributed by atoms with van der Waals surface area (Å²) < 4.78 is 13.8. The molecule has 0 saturated carbocycles. The number of aryl methyl sites for hydroxylation is 1. The van der Waals surface area contributed by atoms with Gasteiger partial charge in [-0.1, -0.05) is 13.0 Å². The Labute approximate surface area is 115 Å². The van der Waals surface area contributed by atoms with Gasteiger partial charge in [-0.05, 0) is 34.5 Å². The van der Waals surface area contributed by atoms with Crippen molar-refractivity contribution in [3.63, 3.8) is 0 Å². The van der Waals surface area contributed by atoms with E-state index in [0.29, 0.717) is 27.2 Å². The molecule has 0 saturated heterocycles.